The van der Waals surface area contributed by atoms with Crippen LogP contribution in [0.2, 0.25) is 0 Å². The lowest BCUT2D eigenvalue weighted by Gasteiger charge is -2.27. The average Bonchev–Trinajstić information content (AvgIpc) is 3.15. The fraction of sp³-hybridized carbons (Fsp3) is 0.400. The van der Waals surface area contributed by atoms with E-state index in [1.54, 1.807) is 0 Å². The van der Waals surface area contributed by atoms with E-state index in [2.05, 4.69) is 33.4 Å². The van der Waals surface area contributed by atoms with E-state index in [0.29, 0.717) is 12.5 Å². The Bertz CT molecular complexity index is 805. The molecule has 1 aliphatic carbocycles. The Morgan fingerprint density at radius 2 is 1.96 bits per heavy atom. The van der Waals surface area contributed by atoms with E-state index in [4.69, 9.17) is 15.5 Å². The first-order chi connectivity index (χ1) is 12.8. The van der Waals surface area contributed by atoms with E-state index in [0.717, 1.165) is 49.9 Å². The molecule has 1 saturated heterocycles. The van der Waals surface area contributed by atoms with Gasteiger partial charge in [-0.2, -0.15) is 0 Å². The van der Waals surface area contributed by atoms with Gasteiger partial charge in [0.25, 0.3) is 0 Å². The lowest BCUT2D eigenvalue weighted by atomic mass is 10.1. The molecule has 0 atom stereocenters. The highest BCUT2D eigenvalue weighted by molar-refractivity contribution is 14.0. The third-order valence-electron chi connectivity index (χ3n) is 4.91. The zero-order chi connectivity index (χ0) is 17.8. The van der Waals surface area contributed by atoms with Gasteiger partial charge in [-0.3, -0.25) is 0 Å². The van der Waals surface area contributed by atoms with E-state index in [-0.39, 0.29) is 24.0 Å². The van der Waals surface area contributed by atoms with Crippen LogP contribution < -0.4 is 16.0 Å². The second kappa shape index (κ2) is 9.36. The molecule has 0 unspecified atom stereocenters. The van der Waals surface area contributed by atoms with E-state index in [1.807, 2.05) is 18.2 Å². The number of nitrogens with two attached hydrogens (primary N) is 1. The largest absolute Gasteiger partial charge is 0.378 e. The highest BCUT2D eigenvalue weighted by atomic mass is 127. The minimum absolute atomic E-state index is 0. The van der Waals surface area contributed by atoms with Crippen LogP contribution in [0, 0.1) is 0 Å². The topological polar surface area (TPSA) is 75.8 Å². The fourth-order valence-corrected chi connectivity index (χ4v) is 3.53. The molecule has 0 radical (unpaired) electrons. The molecule has 0 saturated carbocycles. The summed E-state index contributed by atoms with van der Waals surface area (Å²) in [6, 6.07) is 12.5. The number of anilines is 2. The first kappa shape index (κ1) is 19.9. The summed E-state index contributed by atoms with van der Waals surface area (Å²) in [4.78, 5) is 11.4. The zero-order valence-electron chi connectivity index (χ0n) is 15.4. The Kier molecular flexibility index (Phi) is 6.89. The van der Waals surface area contributed by atoms with Gasteiger partial charge < -0.3 is 20.7 Å². The van der Waals surface area contributed by atoms with Crippen molar-refractivity contribution in [3.63, 3.8) is 0 Å². The number of fused-ring (bicyclic) bond motifs is 1. The molecule has 2 heterocycles. The summed E-state index contributed by atoms with van der Waals surface area (Å²) in [5.41, 5.74) is 10.8. The number of hydrogen-bond donors (Lipinski definition) is 2. The summed E-state index contributed by atoms with van der Waals surface area (Å²) in [7, 11) is 0. The average molecular weight is 479 g/mol. The van der Waals surface area contributed by atoms with E-state index in [1.165, 1.54) is 24.0 Å². The zero-order valence-corrected chi connectivity index (χ0v) is 17.7. The molecule has 0 amide bonds. The third kappa shape index (κ3) is 5.10. The minimum Gasteiger partial charge on any atom is -0.378 e. The third-order valence-corrected chi connectivity index (χ3v) is 4.91. The van der Waals surface area contributed by atoms with Crippen molar-refractivity contribution < 1.29 is 4.74 Å². The number of rotatable bonds is 4. The number of ether oxygens (including phenoxy) is 1. The minimum atomic E-state index is 0. The molecule has 2 aliphatic rings. The lowest BCUT2D eigenvalue weighted by molar-refractivity contribution is 0.122. The molecule has 0 bridgehead atoms. The van der Waals surface area contributed by atoms with Crippen LogP contribution >= 0.6 is 24.0 Å². The fourth-order valence-electron chi connectivity index (χ4n) is 3.53. The highest BCUT2D eigenvalue weighted by Gasteiger charge is 2.13. The Labute approximate surface area is 177 Å². The van der Waals surface area contributed by atoms with Gasteiger partial charge in [0.05, 0.1) is 25.5 Å². The monoisotopic (exact) mass is 479 g/mol. The van der Waals surface area contributed by atoms with Crippen molar-refractivity contribution in [3.05, 3.63) is 53.2 Å². The molecule has 1 fully saturated rings. The van der Waals surface area contributed by atoms with Crippen LogP contribution in [-0.4, -0.2) is 37.2 Å². The first-order valence-electron chi connectivity index (χ1n) is 9.25. The highest BCUT2D eigenvalue weighted by Crippen LogP contribution is 2.24. The molecule has 7 heteroatoms. The number of hydrogen-bond acceptors (Lipinski definition) is 4. The summed E-state index contributed by atoms with van der Waals surface area (Å²) in [6.07, 6.45) is 3.58. The number of aliphatic imine (C=N–C) groups is 1. The number of guanidine groups is 1. The number of pyridine rings is 1. The molecule has 2 aromatic rings. The van der Waals surface area contributed by atoms with Crippen molar-refractivity contribution >= 4 is 41.4 Å². The van der Waals surface area contributed by atoms with Gasteiger partial charge in [-0.15, -0.1) is 24.0 Å². The van der Waals surface area contributed by atoms with Crippen molar-refractivity contribution in [3.8, 4) is 0 Å². The number of morpholine rings is 1. The van der Waals surface area contributed by atoms with Crippen molar-refractivity contribution in [1.29, 1.82) is 0 Å². The Morgan fingerprint density at radius 1 is 1.15 bits per heavy atom. The number of nitrogens with zero attached hydrogens (tertiary/aromatic N) is 3. The summed E-state index contributed by atoms with van der Waals surface area (Å²) in [5.74, 6) is 1.40. The molecule has 0 spiro atoms. The lowest BCUT2D eigenvalue weighted by Crippen LogP contribution is -2.36. The summed E-state index contributed by atoms with van der Waals surface area (Å²) in [6.45, 7) is 3.72. The van der Waals surface area contributed by atoms with Gasteiger partial charge >= 0.3 is 0 Å². The molecular weight excluding hydrogens is 453 g/mol. The first-order valence-corrected chi connectivity index (χ1v) is 9.25. The van der Waals surface area contributed by atoms with Gasteiger partial charge in [0.1, 0.15) is 5.82 Å². The van der Waals surface area contributed by atoms with Gasteiger partial charge in [0.15, 0.2) is 5.96 Å². The molecule has 6 nitrogen and oxygen atoms in total. The molecule has 27 heavy (non-hydrogen) atoms. The van der Waals surface area contributed by atoms with Gasteiger partial charge in [-0.05, 0) is 54.7 Å². The van der Waals surface area contributed by atoms with Crippen LogP contribution in [0.1, 0.15) is 23.2 Å². The summed E-state index contributed by atoms with van der Waals surface area (Å²) >= 11 is 0. The molecule has 3 N–H and O–H groups in total. The van der Waals surface area contributed by atoms with Gasteiger partial charge in [0.2, 0.25) is 0 Å². The van der Waals surface area contributed by atoms with Gasteiger partial charge in [-0.25, -0.2) is 9.98 Å². The number of nitrogens with one attached hydrogen (secondary N) is 1. The second-order valence-electron chi connectivity index (χ2n) is 6.75. The van der Waals surface area contributed by atoms with Crippen LogP contribution in [0.3, 0.4) is 0 Å². The summed E-state index contributed by atoms with van der Waals surface area (Å²) < 4.78 is 5.40. The SMILES string of the molecule is I.NC(=NCc1cccc(N2CCOCC2)n1)Nc1ccc2c(c1)CCC2. The predicted octanol–water partition coefficient (Wildman–Crippen LogP) is 2.95. The van der Waals surface area contributed by atoms with Gasteiger partial charge in [-0.1, -0.05) is 12.1 Å². The number of benzene rings is 1. The van der Waals surface area contributed by atoms with Crippen LogP contribution in [0.5, 0.6) is 0 Å². The molecular formula is C20H26IN5O. The van der Waals surface area contributed by atoms with Gasteiger partial charge in [0, 0.05) is 18.8 Å². The molecule has 144 valence electrons. The van der Waals surface area contributed by atoms with E-state index < -0.39 is 0 Å². The molecule has 4 rings (SSSR count). The normalized spacial score (nSPS) is 16.6. The van der Waals surface area contributed by atoms with E-state index >= 15 is 0 Å². The maximum atomic E-state index is 6.06. The Hall–Kier alpha value is -1.87. The number of aromatic nitrogens is 1. The maximum Gasteiger partial charge on any atom is 0.193 e. The Balaban J connectivity index is 0.00000210. The predicted molar refractivity (Wildman–Crippen MR) is 120 cm³/mol. The van der Waals surface area contributed by atoms with E-state index in [9.17, 15) is 0 Å². The number of aryl methyl sites for hydroxylation is 2. The quantitative estimate of drug-likeness (QED) is 0.401. The molecule has 1 aliphatic heterocycles. The summed E-state index contributed by atoms with van der Waals surface area (Å²) in [5, 5.41) is 3.19. The van der Waals surface area contributed by atoms with Crippen molar-refractivity contribution in [2.45, 2.75) is 25.8 Å². The van der Waals surface area contributed by atoms with Crippen LogP contribution in [0.25, 0.3) is 0 Å². The maximum absolute atomic E-state index is 6.06. The molecule has 1 aromatic heterocycles. The van der Waals surface area contributed by atoms with Crippen LogP contribution in [0.4, 0.5) is 11.5 Å². The Morgan fingerprint density at radius 3 is 2.81 bits per heavy atom. The second-order valence-corrected chi connectivity index (χ2v) is 6.75. The smallest absolute Gasteiger partial charge is 0.193 e. The standard InChI is InChI=1S/C20H25N5O.HI/c21-20(24-17-8-7-15-3-1-4-16(15)13-17)22-14-18-5-2-6-19(23-18)25-9-11-26-12-10-25;/h2,5-8,13H,1,3-4,9-12,14H2,(H3,21,22,24);1H. The molecule has 1 aromatic carbocycles. The van der Waals surface area contributed by atoms with Crippen molar-refractivity contribution in [2.75, 3.05) is 36.5 Å². The van der Waals surface area contributed by atoms with Crippen molar-refractivity contribution in [2.24, 2.45) is 10.7 Å². The van der Waals surface area contributed by atoms with Crippen LogP contribution in [-0.2, 0) is 24.1 Å². The van der Waals surface area contributed by atoms with Crippen LogP contribution in [0.15, 0.2) is 41.4 Å². The number of halogens is 1. The van der Waals surface area contributed by atoms with Crippen molar-refractivity contribution in [1.82, 2.24) is 4.98 Å².